The summed E-state index contributed by atoms with van der Waals surface area (Å²) >= 11 is 1.81. The number of thiophene rings is 1. The molecule has 0 spiro atoms. The van der Waals surface area contributed by atoms with Gasteiger partial charge in [0.1, 0.15) is 0 Å². The zero-order valence-corrected chi connectivity index (χ0v) is 14.0. The number of rotatable bonds is 5. The molecule has 0 unspecified atom stereocenters. The molecule has 0 bridgehead atoms. The molecule has 0 atom stereocenters. The van der Waals surface area contributed by atoms with E-state index in [2.05, 4.69) is 59.9 Å². The average Bonchev–Trinajstić information content (AvgIpc) is 3.03. The Hall–Kier alpha value is -1.29. The first-order valence-electron chi connectivity index (χ1n) is 7.05. The Morgan fingerprint density at radius 3 is 2.81 bits per heavy atom. The van der Waals surface area contributed by atoms with Crippen molar-refractivity contribution in [3.63, 3.8) is 0 Å². The van der Waals surface area contributed by atoms with Gasteiger partial charge in [0.05, 0.1) is 0 Å². The number of fused-ring (bicyclic) bond motifs is 1. The maximum absolute atomic E-state index is 3.53. The van der Waals surface area contributed by atoms with Crippen LogP contribution in [0.2, 0.25) is 0 Å². The summed E-state index contributed by atoms with van der Waals surface area (Å²) in [7, 11) is 0. The fraction of sp³-hybridized carbons (Fsp3) is 0.294. The van der Waals surface area contributed by atoms with Gasteiger partial charge in [0.15, 0.2) is 0 Å². The molecule has 0 saturated heterocycles. The standard InChI is InChI=1S/C17H20N2S.ClH/c1-12-5-6-17-16(10-12)15(13(2)19-17)7-8-18-11-14-4-3-9-20-14;/h3-6,9-10,18-19H,7-8,11H2,1-2H3;1H. The van der Waals surface area contributed by atoms with Crippen LogP contribution >= 0.6 is 23.7 Å². The van der Waals surface area contributed by atoms with Crippen LogP contribution in [0.25, 0.3) is 10.9 Å². The van der Waals surface area contributed by atoms with E-state index in [1.165, 1.54) is 32.6 Å². The van der Waals surface area contributed by atoms with Gasteiger partial charge in [-0.2, -0.15) is 0 Å². The molecule has 0 aliphatic heterocycles. The average molecular weight is 321 g/mol. The lowest BCUT2D eigenvalue weighted by molar-refractivity contribution is 0.693. The zero-order chi connectivity index (χ0) is 13.9. The van der Waals surface area contributed by atoms with Crippen LogP contribution in [0.15, 0.2) is 35.7 Å². The molecule has 21 heavy (non-hydrogen) atoms. The minimum absolute atomic E-state index is 0. The molecule has 0 radical (unpaired) electrons. The highest BCUT2D eigenvalue weighted by Crippen LogP contribution is 2.23. The van der Waals surface area contributed by atoms with E-state index in [0.717, 1.165) is 19.5 Å². The summed E-state index contributed by atoms with van der Waals surface area (Å²) in [5.74, 6) is 0. The van der Waals surface area contributed by atoms with E-state index < -0.39 is 0 Å². The highest BCUT2D eigenvalue weighted by Gasteiger charge is 2.08. The van der Waals surface area contributed by atoms with Gasteiger partial charge in [-0.1, -0.05) is 17.7 Å². The van der Waals surface area contributed by atoms with Crippen molar-refractivity contribution in [1.29, 1.82) is 0 Å². The van der Waals surface area contributed by atoms with E-state index in [-0.39, 0.29) is 12.4 Å². The van der Waals surface area contributed by atoms with Gasteiger partial charge in [-0.15, -0.1) is 23.7 Å². The second-order valence-corrected chi connectivity index (χ2v) is 6.32. The van der Waals surface area contributed by atoms with Gasteiger partial charge in [0.2, 0.25) is 0 Å². The molecule has 0 amide bonds. The molecule has 4 heteroatoms. The Bertz CT molecular complexity index is 701. The third kappa shape index (κ3) is 3.67. The van der Waals surface area contributed by atoms with E-state index in [1.54, 1.807) is 0 Å². The molecule has 2 heterocycles. The van der Waals surface area contributed by atoms with Crippen molar-refractivity contribution >= 4 is 34.6 Å². The van der Waals surface area contributed by atoms with Crippen LogP contribution < -0.4 is 5.32 Å². The second kappa shape index (κ2) is 7.12. The second-order valence-electron chi connectivity index (χ2n) is 5.28. The Labute approximate surface area is 136 Å². The number of nitrogens with one attached hydrogen (secondary N) is 2. The van der Waals surface area contributed by atoms with Crippen molar-refractivity contribution in [1.82, 2.24) is 10.3 Å². The number of hydrogen-bond acceptors (Lipinski definition) is 2. The van der Waals surface area contributed by atoms with Crippen molar-refractivity contribution in [2.75, 3.05) is 6.54 Å². The highest BCUT2D eigenvalue weighted by atomic mass is 35.5. The van der Waals surface area contributed by atoms with Crippen LogP contribution in [-0.2, 0) is 13.0 Å². The van der Waals surface area contributed by atoms with Gasteiger partial charge < -0.3 is 10.3 Å². The summed E-state index contributed by atoms with van der Waals surface area (Å²) in [5.41, 5.74) is 5.32. The van der Waals surface area contributed by atoms with Crippen LogP contribution in [0.4, 0.5) is 0 Å². The molecular weight excluding hydrogens is 300 g/mol. The van der Waals surface area contributed by atoms with Gasteiger partial charge in [-0.3, -0.25) is 0 Å². The van der Waals surface area contributed by atoms with E-state index in [1.807, 2.05) is 11.3 Å². The van der Waals surface area contributed by atoms with Crippen LogP contribution in [0, 0.1) is 13.8 Å². The predicted molar refractivity (Wildman–Crippen MR) is 94.8 cm³/mol. The Kier molecular flexibility index (Phi) is 5.45. The van der Waals surface area contributed by atoms with Crippen LogP contribution in [0.3, 0.4) is 0 Å². The fourth-order valence-electron chi connectivity index (χ4n) is 2.66. The minimum Gasteiger partial charge on any atom is -0.358 e. The molecular formula is C17H21ClN2S. The largest absolute Gasteiger partial charge is 0.358 e. The zero-order valence-electron chi connectivity index (χ0n) is 12.4. The number of halogens is 1. The SMILES string of the molecule is Cc1ccc2[nH]c(C)c(CCNCc3cccs3)c2c1.Cl. The fourth-order valence-corrected chi connectivity index (χ4v) is 3.33. The first-order valence-corrected chi connectivity index (χ1v) is 7.93. The normalized spacial score (nSPS) is 10.8. The molecule has 3 rings (SSSR count). The number of aromatic nitrogens is 1. The Morgan fingerprint density at radius 2 is 2.05 bits per heavy atom. The van der Waals surface area contributed by atoms with E-state index in [4.69, 9.17) is 0 Å². The van der Waals surface area contributed by atoms with Crippen molar-refractivity contribution in [3.8, 4) is 0 Å². The Morgan fingerprint density at radius 1 is 1.19 bits per heavy atom. The maximum Gasteiger partial charge on any atom is 0.0459 e. The van der Waals surface area contributed by atoms with Gasteiger partial charge in [-0.25, -0.2) is 0 Å². The van der Waals surface area contributed by atoms with Gasteiger partial charge >= 0.3 is 0 Å². The quantitative estimate of drug-likeness (QED) is 0.661. The summed E-state index contributed by atoms with van der Waals surface area (Å²) in [6.07, 6.45) is 1.07. The molecule has 2 N–H and O–H groups in total. The molecule has 2 nitrogen and oxygen atoms in total. The molecule has 0 aliphatic rings. The summed E-state index contributed by atoms with van der Waals surface area (Å²) < 4.78 is 0. The molecule has 0 fully saturated rings. The molecule has 3 aromatic rings. The third-order valence-electron chi connectivity index (χ3n) is 3.71. The smallest absolute Gasteiger partial charge is 0.0459 e. The van der Waals surface area contributed by atoms with Gasteiger partial charge in [0, 0.05) is 28.0 Å². The lowest BCUT2D eigenvalue weighted by Gasteiger charge is -2.04. The molecule has 0 aliphatic carbocycles. The lowest BCUT2D eigenvalue weighted by Crippen LogP contribution is -2.16. The summed E-state index contributed by atoms with van der Waals surface area (Å²) in [5, 5.41) is 7.03. The first-order chi connectivity index (χ1) is 9.74. The van der Waals surface area contributed by atoms with Gasteiger partial charge in [-0.05, 0) is 56.0 Å². The summed E-state index contributed by atoms with van der Waals surface area (Å²) in [6, 6.07) is 10.9. The number of hydrogen-bond donors (Lipinski definition) is 2. The molecule has 0 saturated carbocycles. The van der Waals surface area contributed by atoms with E-state index >= 15 is 0 Å². The van der Waals surface area contributed by atoms with E-state index in [9.17, 15) is 0 Å². The summed E-state index contributed by atoms with van der Waals surface area (Å²) in [6.45, 7) is 6.31. The predicted octanol–water partition coefficient (Wildman–Crippen LogP) is 4.60. The van der Waals surface area contributed by atoms with Crippen molar-refractivity contribution < 1.29 is 0 Å². The highest BCUT2D eigenvalue weighted by molar-refractivity contribution is 7.09. The minimum atomic E-state index is 0. The number of H-pyrrole nitrogens is 1. The van der Waals surface area contributed by atoms with Gasteiger partial charge in [0.25, 0.3) is 0 Å². The third-order valence-corrected chi connectivity index (χ3v) is 4.58. The number of aryl methyl sites for hydroxylation is 2. The first kappa shape index (κ1) is 16.1. The van der Waals surface area contributed by atoms with Crippen molar-refractivity contribution in [3.05, 3.63) is 57.4 Å². The summed E-state index contributed by atoms with van der Waals surface area (Å²) in [4.78, 5) is 4.88. The Balaban J connectivity index is 0.00000161. The maximum atomic E-state index is 3.53. The topological polar surface area (TPSA) is 27.8 Å². The van der Waals surface area contributed by atoms with Crippen molar-refractivity contribution in [2.24, 2.45) is 0 Å². The van der Waals surface area contributed by atoms with Crippen LogP contribution in [-0.4, -0.2) is 11.5 Å². The van der Waals surface area contributed by atoms with E-state index in [0.29, 0.717) is 0 Å². The van der Waals surface area contributed by atoms with Crippen LogP contribution in [0.5, 0.6) is 0 Å². The van der Waals surface area contributed by atoms with Crippen LogP contribution in [0.1, 0.15) is 21.7 Å². The number of aromatic amines is 1. The monoisotopic (exact) mass is 320 g/mol. The number of benzene rings is 1. The molecule has 112 valence electrons. The van der Waals surface area contributed by atoms with Crippen molar-refractivity contribution in [2.45, 2.75) is 26.8 Å². The molecule has 2 aromatic heterocycles. The molecule has 1 aromatic carbocycles. The lowest BCUT2D eigenvalue weighted by atomic mass is 10.1.